The number of carbonyl (C=O) groups is 2. The number of anilines is 1. The molecule has 10 nitrogen and oxygen atoms in total. The minimum absolute atomic E-state index is 0.0199. The molecule has 2 saturated heterocycles. The van der Waals surface area contributed by atoms with Crippen molar-refractivity contribution in [3.63, 3.8) is 0 Å². The minimum Gasteiger partial charge on any atom is -0.497 e. The van der Waals surface area contributed by atoms with Gasteiger partial charge in [0.1, 0.15) is 11.4 Å². The summed E-state index contributed by atoms with van der Waals surface area (Å²) in [6.45, 7) is 1.35. The second kappa shape index (κ2) is 7.78. The molecule has 0 N–H and O–H groups in total. The fourth-order valence-electron chi connectivity index (χ4n) is 3.89. The van der Waals surface area contributed by atoms with E-state index >= 15 is 0 Å². The first kappa shape index (κ1) is 19.2. The van der Waals surface area contributed by atoms with Gasteiger partial charge >= 0.3 is 0 Å². The fourth-order valence-corrected chi connectivity index (χ4v) is 3.89. The lowest BCUT2D eigenvalue weighted by Crippen LogP contribution is -2.51. The molecule has 3 aromatic rings. The third kappa shape index (κ3) is 3.60. The zero-order valence-corrected chi connectivity index (χ0v) is 16.8. The number of hydrogen-bond acceptors (Lipinski definition) is 8. The summed E-state index contributed by atoms with van der Waals surface area (Å²) >= 11 is 0. The molecule has 2 amide bonds. The Morgan fingerprint density at radius 3 is 2.87 bits per heavy atom. The van der Waals surface area contributed by atoms with E-state index in [1.807, 2.05) is 18.2 Å². The molecule has 0 unspecified atom stereocenters. The van der Waals surface area contributed by atoms with Crippen LogP contribution in [0.15, 0.2) is 47.4 Å². The van der Waals surface area contributed by atoms with Gasteiger partial charge in [-0.2, -0.15) is 4.98 Å². The Hall–Kier alpha value is -3.82. The minimum atomic E-state index is -0.363. The standard InChI is InChI=1S/C21H20N6O4/c1-30-16-4-2-3-15(8-16)27-12-13(7-18(27)28)21(29)26-10-14(11-26)20-24-19(25-31-20)17-9-22-5-6-23-17/h2-6,8-9,13-14H,7,10-12H2,1H3/t13-/m0/s1. The van der Waals surface area contributed by atoms with Crippen LogP contribution in [0.3, 0.4) is 0 Å². The number of aromatic nitrogens is 4. The number of methoxy groups -OCH3 is 1. The van der Waals surface area contributed by atoms with Crippen LogP contribution in [-0.4, -0.2) is 63.6 Å². The molecule has 1 atom stereocenters. The lowest BCUT2D eigenvalue weighted by Gasteiger charge is -2.38. The zero-order valence-electron chi connectivity index (χ0n) is 16.8. The number of rotatable bonds is 5. The van der Waals surface area contributed by atoms with Crippen molar-refractivity contribution in [1.29, 1.82) is 0 Å². The van der Waals surface area contributed by atoms with Gasteiger partial charge in [0.05, 0.1) is 25.1 Å². The average molecular weight is 420 g/mol. The molecule has 2 aromatic heterocycles. The highest BCUT2D eigenvalue weighted by atomic mass is 16.5. The topological polar surface area (TPSA) is 115 Å². The summed E-state index contributed by atoms with van der Waals surface area (Å²) in [6.07, 6.45) is 4.90. The van der Waals surface area contributed by atoms with Crippen LogP contribution in [0.5, 0.6) is 5.75 Å². The van der Waals surface area contributed by atoms with Gasteiger partial charge in [-0.05, 0) is 12.1 Å². The Bertz CT molecular complexity index is 1110. The summed E-state index contributed by atoms with van der Waals surface area (Å²) in [5, 5.41) is 3.95. The van der Waals surface area contributed by atoms with E-state index in [1.165, 1.54) is 0 Å². The summed E-state index contributed by atoms with van der Waals surface area (Å²) < 4.78 is 10.6. The zero-order chi connectivity index (χ0) is 21.4. The molecule has 31 heavy (non-hydrogen) atoms. The van der Waals surface area contributed by atoms with E-state index in [4.69, 9.17) is 9.26 Å². The molecule has 4 heterocycles. The van der Waals surface area contributed by atoms with Crippen molar-refractivity contribution < 1.29 is 18.8 Å². The molecular weight excluding hydrogens is 400 g/mol. The highest BCUT2D eigenvalue weighted by Gasteiger charge is 2.42. The van der Waals surface area contributed by atoms with Crippen molar-refractivity contribution in [1.82, 2.24) is 25.0 Å². The highest BCUT2D eigenvalue weighted by Crippen LogP contribution is 2.32. The SMILES string of the molecule is COc1cccc(N2C[C@@H](C(=O)N3CC(c4nc(-c5cnccn5)no4)C3)CC2=O)c1. The molecule has 0 spiro atoms. The summed E-state index contributed by atoms with van der Waals surface area (Å²) in [5.74, 6) is 1.06. The molecule has 2 aliphatic heterocycles. The van der Waals surface area contributed by atoms with Gasteiger partial charge in [0.25, 0.3) is 0 Å². The van der Waals surface area contributed by atoms with Gasteiger partial charge in [-0.25, -0.2) is 4.98 Å². The molecular formula is C21H20N6O4. The highest BCUT2D eigenvalue weighted by molar-refractivity contribution is 6.00. The predicted octanol–water partition coefficient (Wildman–Crippen LogP) is 1.51. The van der Waals surface area contributed by atoms with Gasteiger partial charge in [0, 0.05) is 50.2 Å². The van der Waals surface area contributed by atoms with Crippen LogP contribution < -0.4 is 9.64 Å². The lowest BCUT2D eigenvalue weighted by atomic mass is 9.96. The van der Waals surface area contributed by atoms with Crippen molar-refractivity contribution in [2.45, 2.75) is 12.3 Å². The maximum absolute atomic E-state index is 12.9. The number of carbonyl (C=O) groups excluding carboxylic acids is 2. The molecule has 0 aliphatic carbocycles. The van der Waals surface area contributed by atoms with Crippen LogP contribution in [0.4, 0.5) is 5.69 Å². The van der Waals surface area contributed by atoms with Gasteiger partial charge in [-0.15, -0.1) is 0 Å². The fraction of sp³-hybridized carbons (Fsp3) is 0.333. The number of benzene rings is 1. The summed E-state index contributed by atoms with van der Waals surface area (Å²) in [5.41, 5.74) is 1.27. The maximum Gasteiger partial charge on any atom is 0.233 e. The smallest absolute Gasteiger partial charge is 0.233 e. The van der Waals surface area contributed by atoms with E-state index in [2.05, 4.69) is 20.1 Å². The Kier molecular flexibility index (Phi) is 4.81. The quantitative estimate of drug-likeness (QED) is 0.610. The summed E-state index contributed by atoms with van der Waals surface area (Å²) in [7, 11) is 1.58. The molecule has 1 aromatic carbocycles. The molecule has 2 aliphatic rings. The third-order valence-corrected chi connectivity index (χ3v) is 5.62. The number of likely N-dealkylation sites (tertiary alicyclic amines) is 1. The summed E-state index contributed by atoms with van der Waals surface area (Å²) in [4.78, 5) is 41.3. The molecule has 0 saturated carbocycles. The first-order valence-corrected chi connectivity index (χ1v) is 9.95. The number of hydrogen-bond donors (Lipinski definition) is 0. The van der Waals surface area contributed by atoms with Gasteiger partial charge in [0.2, 0.25) is 23.5 Å². The van der Waals surface area contributed by atoms with Gasteiger partial charge in [0.15, 0.2) is 0 Å². The van der Waals surface area contributed by atoms with Crippen LogP contribution in [-0.2, 0) is 9.59 Å². The Labute approximate surface area is 177 Å². The largest absolute Gasteiger partial charge is 0.497 e. The lowest BCUT2D eigenvalue weighted by molar-refractivity contribution is -0.140. The van der Waals surface area contributed by atoms with Gasteiger partial charge in [-0.3, -0.25) is 14.6 Å². The molecule has 10 heteroatoms. The normalized spacial score (nSPS) is 18.9. The van der Waals surface area contributed by atoms with E-state index in [0.717, 1.165) is 5.69 Å². The molecule has 0 bridgehead atoms. The first-order chi connectivity index (χ1) is 15.1. The van der Waals surface area contributed by atoms with E-state index < -0.39 is 0 Å². The van der Waals surface area contributed by atoms with Crippen LogP contribution in [0.2, 0.25) is 0 Å². The second-order valence-electron chi connectivity index (χ2n) is 7.59. The third-order valence-electron chi connectivity index (χ3n) is 5.62. The van der Waals surface area contributed by atoms with Crippen molar-refractivity contribution >= 4 is 17.5 Å². The molecule has 2 fully saturated rings. The Morgan fingerprint density at radius 1 is 1.23 bits per heavy atom. The Balaban J connectivity index is 1.20. The van der Waals surface area contributed by atoms with E-state index in [1.54, 1.807) is 41.6 Å². The van der Waals surface area contributed by atoms with Crippen LogP contribution in [0.25, 0.3) is 11.5 Å². The predicted molar refractivity (Wildman–Crippen MR) is 108 cm³/mol. The van der Waals surface area contributed by atoms with E-state index in [0.29, 0.717) is 42.8 Å². The van der Waals surface area contributed by atoms with Crippen molar-refractivity contribution in [2.24, 2.45) is 5.92 Å². The number of nitrogens with zero attached hydrogens (tertiary/aromatic N) is 6. The maximum atomic E-state index is 12.9. The number of amides is 2. The van der Waals surface area contributed by atoms with Crippen molar-refractivity contribution in [3.8, 4) is 17.3 Å². The number of ether oxygens (including phenoxy) is 1. The van der Waals surface area contributed by atoms with Gasteiger partial charge in [-0.1, -0.05) is 11.2 Å². The van der Waals surface area contributed by atoms with E-state index in [-0.39, 0.29) is 30.1 Å². The summed E-state index contributed by atoms with van der Waals surface area (Å²) in [6, 6.07) is 7.29. The van der Waals surface area contributed by atoms with Crippen LogP contribution in [0.1, 0.15) is 18.2 Å². The van der Waals surface area contributed by atoms with Crippen molar-refractivity contribution in [2.75, 3.05) is 31.6 Å². The van der Waals surface area contributed by atoms with Crippen LogP contribution in [0, 0.1) is 5.92 Å². The molecule has 5 rings (SSSR count). The average Bonchev–Trinajstić information content (AvgIpc) is 3.40. The van der Waals surface area contributed by atoms with Gasteiger partial charge < -0.3 is 19.1 Å². The second-order valence-corrected chi connectivity index (χ2v) is 7.59. The molecule has 158 valence electrons. The van der Waals surface area contributed by atoms with E-state index in [9.17, 15) is 9.59 Å². The van der Waals surface area contributed by atoms with Crippen LogP contribution >= 0.6 is 0 Å². The monoisotopic (exact) mass is 420 g/mol. The van der Waals surface area contributed by atoms with Crippen molar-refractivity contribution in [3.05, 3.63) is 48.7 Å². The molecule has 0 radical (unpaired) electrons. The first-order valence-electron chi connectivity index (χ1n) is 9.95. The Morgan fingerprint density at radius 2 is 2.10 bits per heavy atom.